The Balaban J connectivity index is 1.53. The van der Waals surface area contributed by atoms with Crippen molar-refractivity contribution < 1.29 is 13.2 Å². The second-order valence-corrected chi connectivity index (χ2v) is 10.4. The van der Waals surface area contributed by atoms with Crippen LogP contribution in [0.3, 0.4) is 0 Å². The van der Waals surface area contributed by atoms with Crippen molar-refractivity contribution in [1.82, 2.24) is 9.21 Å². The Morgan fingerprint density at radius 3 is 1.94 bits per heavy atom. The molecule has 1 saturated heterocycles. The quantitative estimate of drug-likeness (QED) is 0.600. The summed E-state index contributed by atoms with van der Waals surface area (Å²) in [6.07, 6.45) is 0. The van der Waals surface area contributed by atoms with Crippen LogP contribution in [0.2, 0.25) is 0 Å². The Morgan fingerprint density at radius 1 is 0.818 bits per heavy atom. The molecule has 33 heavy (non-hydrogen) atoms. The van der Waals surface area contributed by atoms with Gasteiger partial charge in [-0.3, -0.25) is 9.69 Å². The summed E-state index contributed by atoms with van der Waals surface area (Å²) in [6.45, 7) is 5.60. The van der Waals surface area contributed by atoms with E-state index in [9.17, 15) is 13.2 Å². The summed E-state index contributed by atoms with van der Waals surface area (Å²) < 4.78 is 27.5. The molecule has 7 heteroatoms. The van der Waals surface area contributed by atoms with Crippen molar-refractivity contribution in [2.24, 2.45) is 0 Å². The average Bonchev–Trinajstić information content (AvgIpc) is 2.80. The molecule has 1 amide bonds. The van der Waals surface area contributed by atoms with E-state index in [0.717, 1.165) is 22.4 Å². The first-order valence-corrected chi connectivity index (χ1v) is 12.5. The average molecular weight is 464 g/mol. The molecule has 1 aliphatic heterocycles. The Labute approximate surface area is 195 Å². The van der Waals surface area contributed by atoms with Gasteiger partial charge in [-0.1, -0.05) is 54.6 Å². The third-order valence-electron chi connectivity index (χ3n) is 5.87. The number of anilines is 1. The van der Waals surface area contributed by atoms with Gasteiger partial charge in [0.15, 0.2) is 0 Å². The van der Waals surface area contributed by atoms with Crippen LogP contribution in [0.25, 0.3) is 0 Å². The standard InChI is InChI=1S/C26H29N3O3S/c1-20-17-21(2)19-23(18-20)27-26(30)25(22-9-5-3-6-10-22)28-13-15-29(16-14-28)33(31,32)24-11-7-4-8-12-24/h3-12,17-19,25H,13-16H2,1-2H3,(H,27,30). The van der Waals surface area contributed by atoms with Crippen molar-refractivity contribution in [3.63, 3.8) is 0 Å². The van der Waals surface area contributed by atoms with Crippen LogP contribution in [-0.4, -0.2) is 49.7 Å². The van der Waals surface area contributed by atoms with Crippen molar-refractivity contribution in [3.8, 4) is 0 Å². The lowest BCUT2D eigenvalue weighted by Crippen LogP contribution is -2.51. The van der Waals surface area contributed by atoms with E-state index in [1.54, 1.807) is 30.3 Å². The Kier molecular flexibility index (Phi) is 6.93. The monoisotopic (exact) mass is 463 g/mol. The van der Waals surface area contributed by atoms with Crippen LogP contribution in [0.1, 0.15) is 22.7 Å². The first kappa shape index (κ1) is 23.2. The van der Waals surface area contributed by atoms with E-state index in [4.69, 9.17) is 0 Å². The highest BCUT2D eigenvalue weighted by atomic mass is 32.2. The third kappa shape index (κ3) is 5.33. The number of hydrogen-bond donors (Lipinski definition) is 1. The van der Waals surface area contributed by atoms with Crippen molar-refractivity contribution in [3.05, 3.63) is 95.6 Å². The highest BCUT2D eigenvalue weighted by Gasteiger charge is 2.34. The van der Waals surface area contributed by atoms with Gasteiger partial charge >= 0.3 is 0 Å². The zero-order chi connectivity index (χ0) is 23.4. The normalized spacial score (nSPS) is 16.3. The minimum absolute atomic E-state index is 0.120. The summed E-state index contributed by atoms with van der Waals surface area (Å²) in [7, 11) is -3.55. The largest absolute Gasteiger partial charge is 0.324 e. The molecule has 1 fully saturated rings. The third-order valence-corrected chi connectivity index (χ3v) is 7.79. The number of hydrogen-bond acceptors (Lipinski definition) is 4. The van der Waals surface area contributed by atoms with Gasteiger partial charge in [0, 0.05) is 31.9 Å². The van der Waals surface area contributed by atoms with E-state index in [1.165, 1.54) is 4.31 Å². The van der Waals surface area contributed by atoms with E-state index < -0.39 is 16.1 Å². The van der Waals surface area contributed by atoms with E-state index in [-0.39, 0.29) is 5.91 Å². The van der Waals surface area contributed by atoms with E-state index in [0.29, 0.717) is 31.1 Å². The highest BCUT2D eigenvalue weighted by molar-refractivity contribution is 7.89. The number of carbonyl (C=O) groups is 1. The van der Waals surface area contributed by atoms with Gasteiger partial charge < -0.3 is 5.32 Å². The van der Waals surface area contributed by atoms with Gasteiger partial charge in [-0.15, -0.1) is 0 Å². The number of aryl methyl sites for hydroxylation is 2. The number of nitrogens with one attached hydrogen (secondary N) is 1. The number of benzene rings is 3. The summed E-state index contributed by atoms with van der Waals surface area (Å²) >= 11 is 0. The highest BCUT2D eigenvalue weighted by Crippen LogP contribution is 2.26. The SMILES string of the molecule is Cc1cc(C)cc(NC(=O)C(c2ccccc2)N2CCN(S(=O)(=O)c3ccccc3)CC2)c1. The van der Waals surface area contributed by atoms with Crippen molar-refractivity contribution in [2.75, 3.05) is 31.5 Å². The molecule has 0 aromatic heterocycles. The van der Waals surface area contributed by atoms with E-state index in [2.05, 4.69) is 16.3 Å². The molecule has 1 atom stereocenters. The molecule has 1 unspecified atom stereocenters. The molecule has 1 aliphatic rings. The van der Waals surface area contributed by atoms with Crippen LogP contribution in [0.4, 0.5) is 5.69 Å². The van der Waals surface area contributed by atoms with Gasteiger partial charge in [0.2, 0.25) is 15.9 Å². The molecule has 4 rings (SSSR count). The number of piperazine rings is 1. The first-order chi connectivity index (χ1) is 15.8. The fraction of sp³-hybridized carbons (Fsp3) is 0.269. The Morgan fingerprint density at radius 2 is 1.36 bits per heavy atom. The molecule has 1 N–H and O–H groups in total. The summed E-state index contributed by atoms with van der Waals surface area (Å²) in [6, 6.07) is 23.6. The van der Waals surface area contributed by atoms with Gasteiger partial charge in [0.1, 0.15) is 6.04 Å². The lowest BCUT2D eigenvalue weighted by molar-refractivity contribution is -0.122. The molecule has 0 radical (unpaired) electrons. The lowest BCUT2D eigenvalue weighted by Gasteiger charge is -2.38. The number of amides is 1. The van der Waals surface area contributed by atoms with Crippen LogP contribution < -0.4 is 5.32 Å². The maximum absolute atomic E-state index is 13.5. The van der Waals surface area contributed by atoms with Crippen LogP contribution in [0, 0.1) is 13.8 Å². The molecule has 0 spiro atoms. The van der Waals surface area contributed by atoms with Crippen LogP contribution in [-0.2, 0) is 14.8 Å². The zero-order valence-corrected chi connectivity index (χ0v) is 19.8. The molecular weight excluding hydrogens is 434 g/mol. The lowest BCUT2D eigenvalue weighted by atomic mass is 10.0. The fourth-order valence-electron chi connectivity index (χ4n) is 4.36. The van der Waals surface area contributed by atoms with Gasteiger partial charge in [-0.25, -0.2) is 8.42 Å². The summed E-state index contributed by atoms with van der Waals surface area (Å²) in [5.41, 5.74) is 3.82. The van der Waals surface area contributed by atoms with E-state index in [1.807, 2.05) is 56.3 Å². The minimum atomic E-state index is -3.55. The molecule has 0 saturated carbocycles. The van der Waals surface area contributed by atoms with Gasteiger partial charge in [0.05, 0.1) is 4.90 Å². The van der Waals surface area contributed by atoms with Crippen molar-refractivity contribution in [1.29, 1.82) is 0 Å². The predicted octanol–water partition coefficient (Wildman–Crippen LogP) is 3.99. The predicted molar refractivity (Wildman–Crippen MR) is 131 cm³/mol. The Bertz CT molecular complexity index is 1190. The summed E-state index contributed by atoms with van der Waals surface area (Å²) in [5.74, 6) is -0.120. The van der Waals surface area contributed by atoms with E-state index >= 15 is 0 Å². The van der Waals surface area contributed by atoms with Crippen molar-refractivity contribution in [2.45, 2.75) is 24.8 Å². The maximum atomic E-state index is 13.5. The van der Waals surface area contributed by atoms with Crippen LogP contribution in [0.15, 0.2) is 83.8 Å². The number of rotatable bonds is 6. The molecule has 0 bridgehead atoms. The molecule has 0 aliphatic carbocycles. The first-order valence-electron chi connectivity index (χ1n) is 11.1. The summed E-state index contributed by atoms with van der Waals surface area (Å²) in [4.78, 5) is 15.8. The maximum Gasteiger partial charge on any atom is 0.246 e. The molecule has 6 nitrogen and oxygen atoms in total. The molecular formula is C26H29N3O3S. The topological polar surface area (TPSA) is 69.7 Å². The van der Waals surface area contributed by atoms with Crippen LogP contribution >= 0.6 is 0 Å². The fourth-order valence-corrected chi connectivity index (χ4v) is 5.81. The number of sulfonamides is 1. The Hall–Kier alpha value is -3.00. The smallest absolute Gasteiger partial charge is 0.246 e. The van der Waals surface area contributed by atoms with Gasteiger partial charge in [-0.05, 0) is 54.8 Å². The van der Waals surface area contributed by atoms with Crippen molar-refractivity contribution >= 4 is 21.6 Å². The molecule has 3 aromatic rings. The second-order valence-electron chi connectivity index (χ2n) is 8.43. The second kappa shape index (κ2) is 9.87. The van der Waals surface area contributed by atoms with Gasteiger partial charge in [-0.2, -0.15) is 4.31 Å². The molecule has 1 heterocycles. The van der Waals surface area contributed by atoms with Gasteiger partial charge in [0.25, 0.3) is 0 Å². The number of nitrogens with zero attached hydrogens (tertiary/aromatic N) is 2. The minimum Gasteiger partial charge on any atom is -0.324 e. The van der Waals surface area contributed by atoms with Crippen LogP contribution in [0.5, 0.6) is 0 Å². The zero-order valence-electron chi connectivity index (χ0n) is 18.9. The molecule has 172 valence electrons. The molecule has 3 aromatic carbocycles. The summed E-state index contributed by atoms with van der Waals surface area (Å²) in [5, 5.41) is 3.07. The number of carbonyl (C=O) groups excluding carboxylic acids is 1.